The van der Waals surface area contributed by atoms with Crippen LogP contribution in [0, 0.1) is 6.92 Å². The molecule has 0 aliphatic rings. The highest BCUT2D eigenvalue weighted by Crippen LogP contribution is 2.04. The molecule has 0 atom stereocenters. The fourth-order valence-corrected chi connectivity index (χ4v) is 1.12. The van der Waals surface area contributed by atoms with E-state index >= 15 is 0 Å². The summed E-state index contributed by atoms with van der Waals surface area (Å²) in [6.07, 6.45) is 0. The molecule has 16 heavy (non-hydrogen) atoms. The number of fused-ring (bicyclic) bond motifs is 1. The van der Waals surface area contributed by atoms with Crippen molar-refractivity contribution in [2.45, 2.75) is 34.6 Å². The minimum absolute atomic E-state index is 0.117. The van der Waals surface area contributed by atoms with Gasteiger partial charge in [0.05, 0.1) is 11.0 Å². The zero-order valence-corrected chi connectivity index (χ0v) is 10.7. The van der Waals surface area contributed by atoms with Crippen LogP contribution >= 0.6 is 0 Å². The molecule has 0 aliphatic heterocycles. The third kappa shape index (κ3) is 3.50. The maximum Gasteiger partial charge on any atom is 0.269 e. The van der Waals surface area contributed by atoms with Crippen molar-refractivity contribution in [2.24, 2.45) is 0 Å². The molecule has 0 fully saturated rings. The van der Waals surface area contributed by atoms with Crippen LogP contribution in [0.3, 0.4) is 0 Å². The Morgan fingerprint density at radius 2 is 1.62 bits per heavy atom. The zero-order valence-electron chi connectivity index (χ0n) is 10.7. The van der Waals surface area contributed by atoms with Gasteiger partial charge in [-0.2, -0.15) is 0 Å². The van der Waals surface area contributed by atoms with Gasteiger partial charge in [0.25, 0.3) is 5.56 Å². The smallest absolute Gasteiger partial charge is 0.269 e. The van der Waals surface area contributed by atoms with Crippen LogP contribution < -0.4 is 5.56 Å². The number of H-pyrrole nitrogens is 1. The predicted octanol–water partition coefficient (Wildman–Crippen LogP) is 3.28. The molecule has 1 aromatic carbocycles. The number of hydrogen-bond acceptors (Lipinski definition) is 2. The summed E-state index contributed by atoms with van der Waals surface area (Å²) in [5, 5.41) is 0. The van der Waals surface area contributed by atoms with Gasteiger partial charge in [0.1, 0.15) is 5.69 Å². The van der Waals surface area contributed by atoms with Gasteiger partial charge < -0.3 is 4.98 Å². The van der Waals surface area contributed by atoms with Gasteiger partial charge in [-0.15, -0.1) is 0 Å². The number of hydrogen-bond donors (Lipinski definition) is 1. The number of rotatable bonds is 0. The highest BCUT2D eigenvalue weighted by Gasteiger charge is 1.97. The molecule has 0 amide bonds. The summed E-state index contributed by atoms with van der Waals surface area (Å²) >= 11 is 0. The molecule has 1 aromatic heterocycles. The Morgan fingerprint density at radius 1 is 1.06 bits per heavy atom. The molecule has 0 spiro atoms. The van der Waals surface area contributed by atoms with E-state index in [4.69, 9.17) is 0 Å². The van der Waals surface area contributed by atoms with Crippen LogP contribution in [0.1, 0.15) is 33.4 Å². The average Bonchev–Trinajstić information content (AvgIpc) is 2.36. The van der Waals surface area contributed by atoms with Gasteiger partial charge in [-0.1, -0.05) is 39.8 Å². The molecular formula is C13H20N2O. The second-order valence-electron chi connectivity index (χ2n) is 2.67. The molecule has 0 bridgehead atoms. The van der Waals surface area contributed by atoms with Crippen LogP contribution in [-0.2, 0) is 0 Å². The number of aromatic amines is 1. The first-order valence-electron chi connectivity index (χ1n) is 5.73. The molecule has 1 N–H and O–H groups in total. The molecule has 3 heteroatoms. The number of nitrogens with zero attached hydrogens (tertiary/aromatic N) is 1. The highest BCUT2D eigenvalue weighted by atomic mass is 16.1. The SMILES string of the molecule is CC.CC.Cc1nc2ccccc2[nH]c1=O. The van der Waals surface area contributed by atoms with E-state index in [0.717, 1.165) is 11.0 Å². The van der Waals surface area contributed by atoms with Gasteiger partial charge in [0.2, 0.25) is 0 Å². The number of aryl methyl sites for hydroxylation is 1. The summed E-state index contributed by atoms with van der Waals surface area (Å²) in [6.45, 7) is 9.70. The fraction of sp³-hybridized carbons (Fsp3) is 0.385. The van der Waals surface area contributed by atoms with Gasteiger partial charge in [0, 0.05) is 0 Å². The Balaban J connectivity index is 0.000000509. The van der Waals surface area contributed by atoms with E-state index in [9.17, 15) is 4.79 Å². The standard InChI is InChI=1S/C9H8N2O.2C2H6/c1-6-9(12)11-8-5-3-2-4-7(8)10-6;2*1-2/h2-5H,1H3,(H,11,12);2*1-2H3. The second kappa shape index (κ2) is 7.63. The van der Waals surface area contributed by atoms with Crippen molar-refractivity contribution in [3.05, 3.63) is 40.3 Å². The van der Waals surface area contributed by atoms with Gasteiger partial charge in [-0.3, -0.25) is 4.79 Å². The summed E-state index contributed by atoms with van der Waals surface area (Å²) in [5.41, 5.74) is 2.00. The molecule has 0 saturated carbocycles. The van der Waals surface area contributed by atoms with Crippen molar-refractivity contribution in [3.8, 4) is 0 Å². The van der Waals surface area contributed by atoms with E-state index in [1.165, 1.54) is 0 Å². The lowest BCUT2D eigenvalue weighted by atomic mass is 10.3. The summed E-state index contributed by atoms with van der Waals surface area (Å²) < 4.78 is 0. The Hall–Kier alpha value is -1.64. The third-order valence-corrected chi connectivity index (χ3v) is 1.77. The van der Waals surface area contributed by atoms with E-state index in [-0.39, 0.29) is 5.56 Å². The second-order valence-corrected chi connectivity index (χ2v) is 2.67. The number of aromatic nitrogens is 2. The van der Waals surface area contributed by atoms with E-state index in [1.54, 1.807) is 6.92 Å². The topological polar surface area (TPSA) is 45.8 Å². The summed E-state index contributed by atoms with van der Waals surface area (Å²) in [7, 11) is 0. The monoisotopic (exact) mass is 220 g/mol. The Bertz CT molecular complexity index is 475. The van der Waals surface area contributed by atoms with E-state index in [0.29, 0.717) is 5.69 Å². The van der Waals surface area contributed by atoms with Crippen molar-refractivity contribution in [3.63, 3.8) is 0 Å². The number of benzene rings is 1. The Kier molecular flexibility index (Phi) is 6.84. The van der Waals surface area contributed by atoms with Gasteiger partial charge in [-0.25, -0.2) is 4.98 Å². The average molecular weight is 220 g/mol. The first-order chi connectivity index (χ1) is 7.77. The van der Waals surface area contributed by atoms with Gasteiger partial charge in [0.15, 0.2) is 0 Å². The van der Waals surface area contributed by atoms with E-state index in [2.05, 4.69) is 9.97 Å². The van der Waals surface area contributed by atoms with Crippen molar-refractivity contribution in [1.82, 2.24) is 9.97 Å². The van der Waals surface area contributed by atoms with Crippen LogP contribution in [0.4, 0.5) is 0 Å². The summed E-state index contributed by atoms with van der Waals surface area (Å²) in [6, 6.07) is 7.48. The molecule has 2 aromatic rings. The molecular weight excluding hydrogens is 200 g/mol. The molecule has 0 saturated heterocycles. The first-order valence-corrected chi connectivity index (χ1v) is 5.73. The van der Waals surface area contributed by atoms with Crippen LogP contribution in [0.25, 0.3) is 11.0 Å². The molecule has 0 unspecified atom stereocenters. The lowest BCUT2D eigenvalue weighted by molar-refractivity contribution is 1.12. The molecule has 88 valence electrons. The first kappa shape index (κ1) is 14.4. The van der Waals surface area contributed by atoms with Crippen LogP contribution in [0.2, 0.25) is 0 Å². The fourth-order valence-electron chi connectivity index (χ4n) is 1.12. The Labute approximate surface area is 96.6 Å². The van der Waals surface area contributed by atoms with Crippen molar-refractivity contribution >= 4 is 11.0 Å². The van der Waals surface area contributed by atoms with E-state index < -0.39 is 0 Å². The predicted molar refractivity (Wildman–Crippen MR) is 69.8 cm³/mol. The third-order valence-electron chi connectivity index (χ3n) is 1.77. The van der Waals surface area contributed by atoms with Crippen molar-refractivity contribution < 1.29 is 0 Å². The van der Waals surface area contributed by atoms with Gasteiger partial charge >= 0.3 is 0 Å². The van der Waals surface area contributed by atoms with Crippen LogP contribution in [0.5, 0.6) is 0 Å². The molecule has 1 heterocycles. The molecule has 0 radical (unpaired) electrons. The number of para-hydroxylation sites is 2. The van der Waals surface area contributed by atoms with Crippen molar-refractivity contribution in [1.29, 1.82) is 0 Å². The Morgan fingerprint density at radius 3 is 2.25 bits per heavy atom. The molecule has 0 aliphatic carbocycles. The molecule has 2 rings (SSSR count). The highest BCUT2D eigenvalue weighted by molar-refractivity contribution is 5.73. The van der Waals surface area contributed by atoms with Gasteiger partial charge in [-0.05, 0) is 19.1 Å². The maximum absolute atomic E-state index is 11.1. The quantitative estimate of drug-likeness (QED) is 0.740. The summed E-state index contributed by atoms with van der Waals surface area (Å²) in [4.78, 5) is 18.0. The minimum Gasteiger partial charge on any atom is -0.319 e. The molecule has 3 nitrogen and oxygen atoms in total. The summed E-state index contributed by atoms with van der Waals surface area (Å²) in [5.74, 6) is 0. The normalized spacial score (nSPS) is 8.56. The minimum atomic E-state index is -0.117. The largest absolute Gasteiger partial charge is 0.319 e. The lowest BCUT2D eigenvalue weighted by Crippen LogP contribution is -2.11. The van der Waals surface area contributed by atoms with Crippen LogP contribution in [0.15, 0.2) is 29.1 Å². The zero-order chi connectivity index (χ0) is 12.6. The van der Waals surface area contributed by atoms with Crippen molar-refractivity contribution in [2.75, 3.05) is 0 Å². The lowest BCUT2D eigenvalue weighted by Gasteiger charge is -1.96. The van der Waals surface area contributed by atoms with Crippen LogP contribution in [-0.4, -0.2) is 9.97 Å². The van der Waals surface area contributed by atoms with E-state index in [1.807, 2.05) is 52.0 Å². The number of nitrogens with one attached hydrogen (secondary N) is 1. The maximum atomic E-state index is 11.1.